The second-order valence-corrected chi connectivity index (χ2v) is 5.55. The first-order valence-corrected chi connectivity index (χ1v) is 6.21. The Bertz CT molecular complexity index is 262. The van der Waals surface area contributed by atoms with E-state index in [0.717, 1.165) is 6.92 Å². The van der Waals surface area contributed by atoms with Crippen molar-refractivity contribution in [1.82, 2.24) is 0 Å². The molecular formula is C6H10ClF3O3S. The molecule has 0 aliphatic rings. The molecule has 0 bridgehead atoms. The van der Waals surface area contributed by atoms with Gasteiger partial charge in [-0.15, -0.1) is 0 Å². The van der Waals surface area contributed by atoms with Crippen LogP contribution in [0.25, 0.3) is 0 Å². The van der Waals surface area contributed by atoms with Crippen molar-refractivity contribution in [1.29, 1.82) is 0 Å². The van der Waals surface area contributed by atoms with Crippen molar-refractivity contribution in [3.8, 4) is 0 Å². The molecule has 0 saturated carbocycles. The maximum absolute atomic E-state index is 11.8. The van der Waals surface area contributed by atoms with Gasteiger partial charge in [-0.1, -0.05) is 0 Å². The minimum atomic E-state index is -4.42. The van der Waals surface area contributed by atoms with E-state index in [2.05, 4.69) is 4.74 Å². The van der Waals surface area contributed by atoms with Crippen molar-refractivity contribution in [3.63, 3.8) is 0 Å². The van der Waals surface area contributed by atoms with Gasteiger partial charge in [0.05, 0.1) is 5.75 Å². The van der Waals surface area contributed by atoms with Gasteiger partial charge >= 0.3 is 6.18 Å². The van der Waals surface area contributed by atoms with Crippen molar-refractivity contribution in [2.75, 3.05) is 12.4 Å². The Hall–Kier alpha value is -0.0100. The molecule has 0 rings (SSSR count). The molecule has 0 spiro atoms. The number of hydrogen-bond donors (Lipinski definition) is 0. The normalized spacial score (nSPS) is 15.5. The highest BCUT2D eigenvalue weighted by atomic mass is 35.7. The van der Waals surface area contributed by atoms with Gasteiger partial charge in [0, 0.05) is 17.3 Å². The summed E-state index contributed by atoms with van der Waals surface area (Å²) in [5.41, 5.74) is 0. The molecule has 0 aromatic rings. The van der Waals surface area contributed by atoms with E-state index in [1.54, 1.807) is 0 Å². The Morgan fingerprint density at radius 1 is 1.43 bits per heavy atom. The molecule has 0 radical (unpaired) electrons. The molecule has 0 aromatic heterocycles. The van der Waals surface area contributed by atoms with E-state index < -0.39 is 21.3 Å². The fourth-order valence-electron chi connectivity index (χ4n) is 0.586. The van der Waals surface area contributed by atoms with Crippen molar-refractivity contribution >= 4 is 19.7 Å². The van der Waals surface area contributed by atoms with E-state index in [0.29, 0.717) is 0 Å². The van der Waals surface area contributed by atoms with Gasteiger partial charge in [0.25, 0.3) is 0 Å². The van der Waals surface area contributed by atoms with Crippen LogP contribution >= 0.6 is 10.7 Å². The molecule has 0 aromatic carbocycles. The largest absolute Gasteiger partial charge is 0.414 e. The van der Waals surface area contributed by atoms with Gasteiger partial charge in [0.1, 0.15) is 0 Å². The van der Waals surface area contributed by atoms with Crippen LogP contribution in [-0.2, 0) is 13.8 Å². The van der Waals surface area contributed by atoms with Gasteiger partial charge in [-0.3, -0.25) is 0 Å². The lowest BCUT2D eigenvalue weighted by Crippen LogP contribution is -2.29. The SMILES string of the molecule is CC(OCCCS(=O)(=O)Cl)C(F)(F)F. The molecular weight excluding hydrogens is 245 g/mol. The smallest absolute Gasteiger partial charge is 0.369 e. The molecule has 0 aliphatic carbocycles. The Kier molecular flexibility index (Phi) is 5.17. The Morgan fingerprint density at radius 2 is 1.93 bits per heavy atom. The van der Waals surface area contributed by atoms with Crippen molar-refractivity contribution in [2.45, 2.75) is 25.6 Å². The zero-order valence-electron chi connectivity index (χ0n) is 7.34. The summed E-state index contributed by atoms with van der Waals surface area (Å²) < 4.78 is 60.6. The molecule has 1 unspecified atom stereocenters. The summed E-state index contributed by atoms with van der Waals surface area (Å²) in [5, 5.41) is 0. The third-order valence-corrected chi connectivity index (χ3v) is 2.60. The average Bonchev–Trinajstić information content (AvgIpc) is 1.93. The van der Waals surface area contributed by atoms with Crippen LogP contribution in [0.4, 0.5) is 13.2 Å². The van der Waals surface area contributed by atoms with Crippen LogP contribution in [-0.4, -0.2) is 33.1 Å². The lowest BCUT2D eigenvalue weighted by Gasteiger charge is -2.15. The summed E-state index contributed by atoms with van der Waals surface area (Å²) in [7, 11) is 1.19. The van der Waals surface area contributed by atoms with Gasteiger partial charge in [-0.2, -0.15) is 13.2 Å². The van der Waals surface area contributed by atoms with Crippen LogP contribution < -0.4 is 0 Å². The minimum absolute atomic E-state index is 0.0494. The predicted octanol–water partition coefficient (Wildman–Crippen LogP) is 1.91. The molecule has 0 amide bonds. The first kappa shape index (κ1) is 14.0. The zero-order valence-corrected chi connectivity index (χ0v) is 8.92. The fourth-order valence-corrected chi connectivity index (χ4v) is 1.38. The van der Waals surface area contributed by atoms with E-state index in [1.165, 1.54) is 0 Å². The Labute approximate surface area is 84.6 Å². The minimum Gasteiger partial charge on any atom is -0.369 e. The van der Waals surface area contributed by atoms with Crippen molar-refractivity contribution in [2.24, 2.45) is 0 Å². The highest BCUT2D eigenvalue weighted by molar-refractivity contribution is 8.13. The maximum Gasteiger partial charge on any atom is 0.414 e. The van der Waals surface area contributed by atoms with Crippen LogP contribution in [0.5, 0.6) is 0 Å². The third kappa shape index (κ3) is 7.40. The molecule has 1 atom stereocenters. The van der Waals surface area contributed by atoms with Gasteiger partial charge in [0.15, 0.2) is 6.10 Å². The number of halogens is 4. The molecule has 0 saturated heterocycles. The van der Waals surface area contributed by atoms with Crippen molar-refractivity contribution in [3.05, 3.63) is 0 Å². The molecule has 3 nitrogen and oxygen atoms in total. The average molecular weight is 255 g/mol. The van der Waals surface area contributed by atoms with Crippen LogP contribution in [0.15, 0.2) is 0 Å². The molecule has 0 fully saturated rings. The predicted molar refractivity (Wildman–Crippen MR) is 45.7 cm³/mol. The fraction of sp³-hybridized carbons (Fsp3) is 1.00. The summed E-state index contributed by atoms with van der Waals surface area (Å²) in [5.74, 6) is -0.390. The monoisotopic (exact) mass is 254 g/mol. The number of alkyl halides is 3. The zero-order chi connectivity index (χ0) is 11.4. The lowest BCUT2D eigenvalue weighted by atomic mass is 10.4. The van der Waals surface area contributed by atoms with Crippen LogP contribution in [0.3, 0.4) is 0 Å². The second-order valence-electron chi connectivity index (χ2n) is 2.65. The maximum atomic E-state index is 11.8. The highest BCUT2D eigenvalue weighted by Gasteiger charge is 2.36. The summed E-state index contributed by atoms with van der Waals surface area (Å²) in [6.07, 6.45) is -6.35. The van der Waals surface area contributed by atoms with Crippen molar-refractivity contribution < 1.29 is 26.3 Å². The molecule has 86 valence electrons. The second kappa shape index (κ2) is 5.18. The number of rotatable bonds is 5. The highest BCUT2D eigenvalue weighted by Crippen LogP contribution is 2.22. The first-order chi connectivity index (χ1) is 6.13. The first-order valence-electron chi connectivity index (χ1n) is 3.73. The number of ether oxygens (including phenoxy) is 1. The Balaban J connectivity index is 3.66. The van der Waals surface area contributed by atoms with Gasteiger partial charge < -0.3 is 4.74 Å². The number of hydrogen-bond acceptors (Lipinski definition) is 3. The van der Waals surface area contributed by atoms with Crippen LogP contribution in [0.2, 0.25) is 0 Å². The van der Waals surface area contributed by atoms with Gasteiger partial charge in [-0.05, 0) is 13.3 Å². The molecule has 0 aliphatic heterocycles. The summed E-state index contributed by atoms with van der Waals surface area (Å²) in [6.45, 7) is 0.571. The molecule has 0 N–H and O–H groups in total. The van der Waals surface area contributed by atoms with Crippen LogP contribution in [0, 0.1) is 0 Å². The van der Waals surface area contributed by atoms with E-state index in [4.69, 9.17) is 10.7 Å². The third-order valence-electron chi connectivity index (χ3n) is 1.36. The molecule has 14 heavy (non-hydrogen) atoms. The molecule has 8 heteroatoms. The van der Waals surface area contributed by atoms with E-state index in [1.807, 2.05) is 0 Å². The summed E-state index contributed by atoms with van der Waals surface area (Å²) >= 11 is 0. The quantitative estimate of drug-likeness (QED) is 0.556. The topological polar surface area (TPSA) is 43.4 Å². The standard InChI is InChI=1S/C6H10ClF3O3S/c1-5(6(8,9)10)13-3-2-4-14(7,11)12/h5H,2-4H2,1H3. The summed E-state index contributed by atoms with van der Waals surface area (Å²) in [4.78, 5) is 0. The van der Waals surface area contributed by atoms with Gasteiger partial charge in [-0.25, -0.2) is 8.42 Å². The Morgan fingerprint density at radius 3 is 2.29 bits per heavy atom. The van der Waals surface area contributed by atoms with Crippen LogP contribution in [0.1, 0.15) is 13.3 Å². The van der Waals surface area contributed by atoms with Gasteiger partial charge in [0.2, 0.25) is 9.05 Å². The van der Waals surface area contributed by atoms with E-state index in [9.17, 15) is 21.6 Å². The van der Waals surface area contributed by atoms with E-state index >= 15 is 0 Å². The van der Waals surface area contributed by atoms with E-state index in [-0.39, 0.29) is 18.8 Å². The molecule has 0 heterocycles. The summed E-state index contributed by atoms with van der Waals surface area (Å²) in [6, 6.07) is 0. The lowest BCUT2D eigenvalue weighted by molar-refractivity contribution is -0.213.